The molecular weight excluding hydrogens is 364 g/mol. The van der Waals surface area contributed by atoms with Gasteiger partial charge in [0.2, 0.25) is 0 Å². The molecule has 0 bridgehead atoms. The predicted molar refractivity (Wildman–Crippen MR) is 114 cm³/mol. The third-order valence-corrected chi connectivity index (χ3v) is 5.01. The summed E-state index contributed by atoms with van der Waals surface area (Å²) >= 11 is 0. The van der Waals surface area contributed by atoms with E-state index < -0.39 is 0 Å². The Morgan fingerprint density at radius 3 is 2.45 bits per heavy atom. The van der Waals surface area contributed by atoms with Crippen LogP contribution in [0.15, 0.2) is 42.6 Å². The van der Waals surface area contributed by atoms with Crippen molar-refractivity contribution in [2.45, 2.75) is 39.2 Å². The smallest absolute Gasteiger partial charge is 0.161 e. The van der Waals surface area contributed by atoms with Gasteiger partial charge in [-0.05, 0) is 54.1 Å². The minimum Gasteiger partial charge on any atom is -0.493 e. The molecule has 0 aliphatic carbocycles. The van der Waals surface area contributed by atoms with Crippen molar-refractivity contribution in [1.29, 1.82) is 5.26 Å². The molecule has 2 aromatic carbocycles. The fraction of sp³-hybridized carbons (Fsp3) is 0.333. The summed E-state index contributed by atoms with van der Waals surface area (Å²) < 4.78 is 16.9. The minimum atomic E-state index is 0.172. The van der Waals surface area contributed by atoms with Crippen LogP contribution >= 0.6 is 0 Å². The van der Waals surface area contributed by atoms with Crippen molar-refractivity contribution in [3.63, 3.8) is 0 Å². The van der Waals surface area contributed by atoms with Gasteiger partial charge in [0.1, 0.15) is 5.75 Å². The molecule has 0 aliphatic rings. The van der Waals surface area contributed by atoms with Crippen molar-refractivity contribution in [2.24, 2.45) is 0 Å². The second kappa shape index (κ2) is 9.29. The number of rotatable bonds is 8. The zero-order chi connectivity index (χ0) is 20.8. The monoisotopic (exact) mass is 390 g/mol. The van der Waals surface area contributed by atoms with Gasteiger partial charge in [-0.1, -0.05) is 19.1 Å². The van der Waals surface area contributed by atoms with Crippen molar-refractivity contribution >= 4 is 10.8 Å². The summed E-state index contributed by atoms with van der Waals surface area (Å²) in [5, 5.41) is 11.1. The first-order valence-electron chi connectivity index (χ1n) is 9.74. The van der Waals surface area contributed by atoms with Gasteiger partial charge in [-0.2, -0.15) is 5.26 Å². The highest BCUT2D eigenvalue weighted by Crippen LogP contribution is 2.35. The summed E-state index contributed by atoms with van der Waals surface area (Å²) in [5.41, 5.74) is 2.91. The lowest BCUT2D eigenvalue weighted by Crippen LogP contribution is -2.09. The quantitative estimate of drug-likeness (QED) is 0.536. The molecule has 150 valence electrons. The Morgan fingerprint density at radius 1 is 1.07 bits per heavy atom. The molecule has 3 rings (SSSR count). The van der Waals surface area contributed by atoms with Crippen LogP contribution in [0.2, 0.25) is 0 Å². The Hall–Kier alpha value is -3.26. The van der Waals surface area contributed by atoms with Gasteiger partial charge in [-0.25, -0.2) is 0 Å². The highest BCUT2D eigenvalue weighted by atomic mass is 16.5. The molecule has 0 amide bonds. The third-order valence-electron chi connectivity index (χ3n) is 5.01. The summed E-state index contributed by atoms with van der Waals surface area (Å²) in [4.78, 5) is 4.67. The van der Waals surface area contributed by atoms with Gasteiger partial charge in [0.15, 0.2) is 11.5 Å². The number of ether oxygens (including phenoxy) is 3. The Balaban J connectivity index is 2.05. The van der Waals surface area contributed by atoms with Crippen molar-refractivity contribution in [1.82, 2.24) is 4.98 Å². The van der Waals surface area contributed by atoms with E-state index in [2.05, 4.69) is 37.0 Å². The van der Waals surface area contributed by atoms with Crippen LogP contribution < -0.4 is 14.2 Å². The van der Waals surface area contributed by atoms with E-state index in [1.165, 1.54) is 0 Å². The van der Waals surface area contributed by atoms with E-state index in [1.54, 1.807) is 20.4 Å². The molecule has 1 atom stereocenters. The van der Waals surface area contributed by atoms with E-state index >= 15 is 0 Å². The van der Waals surface area contributed by atoms with Crippen molar-refractivity contribution < 1.29 is 14.2 Å². The lowest BCUT2D eigenvalue weighted by molar-refractivity contribution is 0.217. The fourth-order valence-corrected chi connectivity index (χ4v) is 3.28. The largest absolute Gasteiger partial charge is 0.493 e. The highest BCUT2D eigenvalue weighted by Gasteiger charge is 2.14. The Bertz CT molecular complexity index is 1040. The van der Waals surface area contributed by atoms with Gasteiger partial charge in [-0.3, -0.25) is 4.98 Å². The minimum absolute atomic E-state index is 0.172. The molecule has 1 aromatic heterocycles. The van der Waals surface area contributed by atoms with Crippen molar-refractivity contribution in [3.8, 4) is 23.3 Å². The number of methoxy groups -OCH3 is 2. The van der Waals surface area contributed by atoms with Gasteiger partial charge < -0.3 is 14.2 Å². The Labute approximate surface area is 171 Å². The normalized spacial score (nSPS) is 11.7. The van der Waals surface area contributed by atoms with Crippen LogP contribution in [0.3, 0.4) is 0 Å². The summed E-state index contributed by atoms with van der Waals surface area (Å²) in [6, 6.07) is 14.2. The second-order valence-corrected chi connectivity index (χ2v) is 6.98. The van der Waals surface area contributed by atoms with Gasteiger partial charge in [0.05, 0.1) is 38.5 Å². The van der Waals surface area contributed by atoms with Gasteiger partial charge in [-0.15, -0.1) is 0 Å². The molecule has 1 heterocycles. The van der Waals surface area contributed by atoms with E-state index in [0.717, 1.165) is 39.8 Å². The average Bonchev–Trinajstić information content (AvgIpc) is 2.74. The number of pyridine rings is 1. The fourth-order valence-electron chi connectivity index (χ4n) is 3.28. The van der Waals surface area contributed by atoms with Crippen LogP contribution in [0, 0.1) is 11.3 Å². The first kappa shape index (κ1) is 20.5. The highest BCUT2D eigenvalue weighted by molar-refractivity contribution is 5.91. The summed E-state index contributed by atoms with van der Waals surface area (Å²) in [6.45, 7) is 4.17. The maximum Gasteiger partial charge on any atom is 0.161 e. The van der Waals surface area contributed by atoms with Crippen LogP contribution in [0.4, 0.5) is 0 Å². The zero-order valence-electron chi connectivity index (χ0n) is 17.4. The van der Waals surface area contributed by atoms with Crippen LogP contribution in [0.25, 0.3) is 10.8 Å². The molecule has 0 N–H and O–H groups in total. The van der Waals surface area contributed by atoms with Crippen molar-refractivity contribution in [2.75, 3.05) is 14.2 Å². The molecule has 0 radical (unpaired) electrons. The first-order valence-corrected chi connectivity index (χ1v) is 9.74. The number of aromatic nitrogens is 1. The van der Waals surface area contributed by atoms with E-state index in [9.17, 15) is 5.26 Å². The Kier molecular flexibility index (Phi) is 6.56. The maximum atomic E-state index is 9.19. The molecule has 29 heavy (non-hydrogen) atoms. The van der Waals surface area contributed by atoms with Crippen molar-refractivity contribution in [3.05, 3.63) is 59.4 Å². The molecule has 0 saturated heterocycles. The number of nitriles is 1. The third kappa shape index (κ3) is 4.60. The van der Waals surface area contributed by atoms with E-state index in [0.29, 0.717) is 17.9 Å². The summed E-state index contributed by atoms with van der Waals surface area (Å²) in [5.74, 6) is 2.15. The molecule has 0 aliphatic heterocycles. The molecule has 1 unspecified atom stereocenters. The van der Waals surface area contributed by atoms with Gasteiger partial charge in [0, 0.05) is 18.0 Å². The lowest BCUT2D eigenvalue weighted by atomic mass is 9.99. The number of hydrogen-bond donors (Lipinski definition) is 0. The zero-order valence-corrected chi connectivity index (χ0v) is 17.4. The summed E-state index contributed by atoms with van der Waals surface area (Å²) in [7, 11) is 3.23. The number of benzene rings is 2. The van der Waals surface area contributed by atoms with E-state index in [4.69, 9.17) is 14.2 Å². The van der Waals surface area contributed by atoms with Gasteiger partial charge >= 0.3 is 0 Å². The van der Waals surface area contributed by atoms with Crippen LogP contribution in [0.1, 0.15) is 37.1 Å². The summed E-state index contributed by atoms with van der Waals surface area (Å²) in [6.07, 6.45) is 3.85. The van der Waals surface area contributed by atoms with Crippen LogP contribution in [0.5, 0.6) is 17.2 Å². The lowest BCUT2D eigenvalue weighted by Gasteiger charge is -2.15. The number of nitrogens with zero attached hydrogens (tertiary/aromatic N) is 2. The average molecular weight is 390 g/mol. The number of fused-ring (bicyclic) bond motifs is 1. The predicted octanol–water partition coefficient (Wildman–Crippen LogP) is 5.09. The standard InChI is InChI=1S/C24H26N2O3/c1-5-16(2)29-19-8-6-7-17(11-19)12-22-21-14-24(28-4)23(27-3)13-20(21)18(9-10-25)15-26-22/h6-8,11,13-16H,5,9,12H2,1-4H3. The molecule has 0 fully saturated rings. The van der Waals surface area contributed by atoms with Crippen LogP contribution in [-0.4, -0.2) is 25.3 Å². The first-order chi connectivity index (χ1) is 14.1. The van der Waals surface area contributed by atoms with Crippen LogP contribution in [-0.2, 0) is 12.8 Å². The molecule has 0 spiro atoms. The SMILES string of the molecule is CCC(C)Oc1cccc(Cc2ncc(CC#N)c3cc(OC)c(OC)cc23)c1. The Morgan fingerprint density at radius 2 is 1.79 bits per heavy atom. The molecule has 5 nitrogen and oxygen atoms in total. The molecule has 3 aromatic rings. The topological polar surface area (TPSA) is 64.4 Å². The molecule has 0 saturated carbocycles. The second-order valence-electron chi connectivity index (χ2n) is 6.98. The van der Waals surface area contributed by atoms with E-state index in [1.807, 2.05) is 24.3 Å². The number of hydrogen-bond acceptors (Lipinski definition) is 5. The van der Waals surface area contributed by atoms with E-state index in [-0.39, 0.29) is 12.5 Å². The maximum absolute atomic E-state index is 9.19. The van der Waals surface area contributed by atoms with Gasteiger partial charge in [0.25, 0.3) is 0 Å². The molecule has 5 heteroatoms. The molecular formula is C24H26N2O3.